The number of rotatable bonds is 3. The van der Waals surface area contributed by atoms with Gasteiger partial charge in [0.1, 0.15) is 12.1 Å². The molecule has 0 bridgehead atoms. The Balaban J connectivity index is 0.000000701. The lowest BCUT2D eigenvalue weighted by Gasteiger charge is -2.48. The molecule has 1 aliphatic heterocycles. The van der Waals surface area contributed by atoms with Gasteiger partial charge in [0, 0.05) is 25.2 Å². The number of likely N-dealkylation sites (N-methyl/N-ethyl adjacent to an activating group) is 1. The first-order valence-corrected chi connectivity index (χ1v) is 9.27. The molecule has 2 N–H and O–H groups in total. The van der Waals surface area contributed by atoms with Gasteiger partial charge < -0.3 is 10.1 Å². The molecular formula is C20H31FN2O2. The maximum Gasteiger partial charge on any atom is 0.150 e. The van der Waals surface area contributed by atoms with E-state index in [-0.39, 0.29) is 5.82 Å². The first-order valence-electron chi connectivity index (χ1n) is 9.27. The molecule has 1 spiro atoms. The van der Waals surface area contributed by atoms with Crippen LogP contribution in [0.5, 0.6) is 0 Å². The number of nitrogens with one attached hydrogen (secondary N) is 1. The van der Waals surface area contributed by atoms with E-state index in [0.29, 0.717) is 17.0 Å². The molecule has 1 heterocycles. The van der Waals surface area contributed by atoms with E-state index in [9.17, 15) is 9.18 Å². The smallest absolute Gasteiger partial charge is 0.150 e. The number of hydrogen-bond donors (Lipinski definition) is 2. The van der Waals surface area contributed by atoms with Crippen molar-refractivity contribution in [2.75, 3.05) is 20.6 Å². The lowest BCUT2D eigenvalue weighted by molar-refractivity contribution is 0.0326. The zero-order chi connectivity index (χ0) is 18.3. The molecule has 1 unspecified atom stereocenters. The molecule has 4 nitrogen and oxygen atoms in total. The number of benzene rings is 1. The first kappa shape index (κ1) is 20.0. The van der Waals surface area contributed by atoms with Gasteiger partial charge in [0.15, 0.2) is 0 Å². The molecule has 1 saturated carbocycles. The number of hydrogen-bond acceptors (Lipinski definition) is 4. The quantitative estimate of drug-likeness (QED) is 0.643. The van der Waals surface area contributed by atoms with Crippen LogP contribution in [0.15, 0.2) is 18.2 Å². The number of piperidine rings is 1. The Kier molecular flexibility index (Phi) is 7.54. The van der Waals surface area contributed by atoms with Gasteiger partial charge in [-0.25, -0.2) is 9.87 Å². The van der Waals surface area contributed by atoms with Gasteiger partial charge in [-0.2, -0.15) is 0 Å². The van der Waals surface area contributed by atoms with Crippen LogP contribution in [0.1, 0.15) is 60.9 Å². The number of halogens is 1. The lowest BCUT2D eigenvalue weighted by Crippen LogP contribution is -2.48. The number of nitrogens with zero attached hydrogens (tertiary/aromatic N) is 1. The van der Waals surface area contributed by atoms with E-state index < -0.39 is 0 Å². The van der Waals surface area contributed by atoms with Crippen molar-refractivity contribution in [1.29, 1.82) is 0 Å². The molecule has 2 aliphatic rings. The highest BCUT2D eigenvalue weighted by Gasteiger charge is 2.38. The fourth-order valence-electron chi connectivity index (χ4n) is 4.53. The summed E-state index contributed by atoms with van der Waals surface area (Å²) in [4.78, 5) is 13.4. The Morgan fingerprint density at radius 3 is 2.56 bits per heavy atom. The third-order valence-corrected chi connectivity index (χ3v) is 5.72. The van der Waals surface area contributed by atoms with Crippen molar-refractivity contribution >= 4 is 6.29 Å². The second-order valence-corrected chi connectivity index (χ2v) is 7.61. The van der Waals surface area contributed by atoms with Gasteiger partial charge >= 0.3 is 0 Å². The highest BCUT2D eigenvalue weighted by Crippen LogP contribution is 2.44. The number of carbonyl (C=O) groups is 1. The minimum atomic E-state index is -0.304. The molecule has 5 heteroatoms. The van der Waals surface area contributed by atoms with E-state index in [4.69, 9.17) is 5.21 Å². The predicted molar refractivity (Wildman–Crippen MR) is 97.5 cm³/mol. The zero-order valence-electron chi connectivity index (χ0n) is 15.4. The van der Waals surface area contributed by atoms with Gasteiger partial charge in [-0.15, -0.1) is 0 Å². The van der Waals surface area contributed by atoms with Crippen molar-refractivity contribution in [2.24, 2.45) is 5.41 Å². The van der Waals surface area contributed by atoms with Crippen molar-refractivity contribution in [3.8, 4) is 0 Å². The van der Waals surface area contributed by atoms with E-state index >= 15 is 0 Å². The summed E-state index contributed by atoms with van der Waals surface area (Å²) < 4.78 is 13.6. The Morgan fingerprint density at radius 1 is 1.28 bits per heavy atom. The highest BCUT2D eigenvalue weighted by atomic mass is 19.1. The lowest BCUT2D eigenvalue weighted by atomic mass is 9.68. The summed E-state index contributed by atoms with van der Waals surface area (Å²) in [7, 11) is 3.64. The van der Waals surface area contributed by atoms with Crippen LogP contribution < -0.4 is 5.48 Å². The summed E-state index contributed by atoms with van der Waals surface area (Å²) in [6, 6.07) is 5.17. The molecule has 0 amide bonds. The predicted octanol–water partition coefficient (Wildman–Crippen LogP) is 3.82. The van der Waals surface area contributed by atoms with Crippen LogP contribution >= 0.6 is 0 Å². The van der Waals surface area contributed by atoms with Crippen LogP contribution in [0.4, 0.5) is 4.39 Å². The van der Waals surface area contributed by atoms with Crippen molar-refractivity contribution in [2.45, 2.75) is 57.4 Å². The molecule has 3 rings (SSSR count). The summed E-state index contributed by atoms with van der Waals surface area (Å²) >= 11 is 0. The van der Waals surface area contributed by atoms with Crippen molar-refractivity contribution in [1.82, 2.24) is 10.4 Å². The monoisotopic (exact) mass is 350 g/mol. The van der Waals surface area contributed by atoms with Crippen LogP contribution in [0.3, 0.4) is 0 Å². The van der Waals surface area contributed by atoms with Crippen LogP contribution in [0.25, 0.3) is 0 Å². The van der Waals surface area contributed by atoms with Gasteiger partial charge in [0.2, 0.25) is 0 Å². The van der Waals surface area contributed by atoms with Gasteiger partial charge in [-0.05, 0) is 68.3 Å². The molecule has 1 aliphatic carbocycles. The van der Waals surface area contributed by atoms with Gasteiger partial charge in [-0.1, -0.05) is 19.3 Å². The summed E-state index contributed by atoms with van der Waals surface area (Å²) in [6.07, 6.45) is 11.0. The molecule has 140 valence electrons. The molecule has 1 atom stereocenters. The number of aldehydes is 1. The maximum absolute atomic E-state index is 13.6. The van der Waals surface area contributed by atoms with Gasteiger partial charge in [-0.3, -0.25) is 4.79 Å². The third-order valence-electron chi connectivity index (χ3n) is 5.72. The maximum atomic E-state index is 13.6. The van der Waals surface area contributed by atoms with E-state index in [1.165, 1.54) is 64.6 Å². The van der Waals surface area contributed by atoms with Crippen LogP contribution in [0.2, 0.25) is 0 Å². The minimum absolute atomic E-state index is 0.304. The Hall–Kier alpha value is -1.30. The van der Waals surface area contributed by atoms with E-state index in [1.54, 1.807) is 11.5 Å². The Bertz CT molecular complexity index is 559. The molecule has 1 aromatic carbocycles. The topological polar surface area (TPSA) is 52.6 Å². The van der Waals surface area contributed by atoms with Gasteiger partial charge in [0.05, 0.1) is 0 Å². The fraction of sp³-hybridized carbons (Fsp3) is 0.650. The van der Waals surface area contributed by atoms with Crippen LogP contribution in [-0.2, 0) is 6.42 Å². The second-order valence-electron chi connectivity index (χ2n) is 7.61. The van der Waals surface area contributed by atoms with Gasteiger partial charge in [0.25, 0.3) is 0 Å². The van der Waals surface area contributed by atoms with Crippen LogP contribution in [-0.4, -0.2) is 43.1 Å². The SMILES string of the molecule is CN1CC2(CCCCC2)CCC1Cc1cc(F)cc(C=O)c1.CNO. The number of likely N-dealkylation sites (tertiary alicyclic amines) is 1. The summed E-state index contributed by atoms with van der Waals surface area (Å²) in [5, 5.41) is 7.32. The molecule has 25 heavy (non-hydrogen) atoms. The average Bonchev–Trinajstić information content (AvgIpc) is 2.58. The average molecular weight is 350 g/mol. The molecule has 0 aromatic heterocycles. The van der Waals surface area contributed by atoms with Crippen molar-refractivity contribution < 1.29 is 14.4 Å². The molecular weight excluding hydrogens is 319 g/mol. The summed E-state index contributed by atoms with van der Waals surface area (Å²) in [5.41, 5.74) is 3.68. The molecule has 1 saturated heterocycles. The molecule has 0 radical (unpaired) electrons. The Labute approximate surface area is 150 Å². The summed E-state index contributed by atoms with van der Waals surface area (Å²) in [6.45, 7) is 1.17. The van der Waals surface area contributed by atoms with E-state index in [0.717, 1.165) is 18.3 Å². The zero-order valence-corrected chi connectivity index (χ0v) is 15.4. The van der Waals surface area contributed by atoms with E-state index in [1.807, 2.05) is 6.07 Å². The molecule has 2 fully saturated rings. The number of carbonyl (C=O) groups excluding carboxylic acids is 1. The third kappa shape index (κ3) is 5.59. The van der Waals surface area contributed by atoms with Crippen LogP contribution in [0, 0.1) is 11.2 Å². The van der Waals surface area contributed by atoms with E-state index in [2.05, 4.69) is 11.9 Å². The highest BCUT2D eigenvalue weighted by molar-refractivity contribution is 5.75. The van der Waals surface area contributed by atoms with Crippen molar-refractivity contribution in [3.05, 3.63) is 35.1 Å². The normalized spacial score (nSPS) is 23.0. The standard InChI is InChI=1S/C19H26FNO.CH5NO/c1-21-14-19(6-3-2-4-7-19)8-5-18(21)12-15-9-16(13-22)11-17(20)10-15;1-2-3/h9-11,13,18H,2-8,12,14H2,1H3;2-3H,1H3. The second kappa shape index (κ2) is 9.41. The minimum Gasteiger partial charge on any atom is -0.317 e. The largest absolute Gasteiger partial charge is 0.317 e. The van der Waals surface area contributed by atoms with Crippen molar-refractivity contribution in [3.63, 3.8) is 0 Å². The number of hydroxylamine groups is 1. The Morgan fingerprint density at radius 2 is 1.96 bits per heavy atom. The molecule has 1 aromatic rings. The summed E-state index contributed by atoms with van der Waals surface area (Å²) in [5.74, 6) is -0.304. The first-order chi connectivity index (χ1) is 12.0. The fourth-order valence-corrected chi connectivity index (χ4v) is 4.53.